The second-order valence-corrected chi connectivity index (χ2v) is 8.24. The van der Waals surface area contributed by atoms with Crippen molar-refractivity contribution in [1.82, 2.24) is 0 Å². The predicted octanol–water partition coefficient (Wildman–Crippen LogP) is 5.45. The van der Waals surface area contributed by atoms with E-state index in [1.165, 1.54) is 13.0 Å². The van der Waals surface area contributed by atoms with E-state index in [4.69, 9.17) is 21.1 Å². The molecule has 0 saturated carbocycles. The molecular formula is C26H26ClFN2O3. The van der Waals surface area contributed by atoms with Gasteiger partial charge in [0.15, 0.2) is 0 Å². The van der Waals surface area contributed by atoms with E-state index in [-0.39, 0.29) is 18.3 Å². The molecule has 0 N–H and O–H groups in total. The summed E-state index contributed by atoms with van der Waals surface area (Å²) in [6.45, 7) is 4.82. The van der Waals surface area contributed by atoms with E-state index in [0.29, 0.717) is 41.8 Å². The van der Waals surface area contributed by atoms with E-state index in [1.807, 2.05) is 42.5 Å². The Labute approximate surface area is 198 Å². The zero-order valence-electron chi connectivity index (χ0n) is 18.5. The second-order valence-electron chi connectivity index (χ2n) is 7.83. The molecule has 1 amide bonds. The molecule has 1 aliphatic heterocycles. The van der Waals surface area contributed by atoms with Crippen LogP contribution in [0.1, 0.15) is 18.1 Å². The van der Waals surface area contributed by atoms with Crippen molar-refractivity contribution in [2.45, 2.75) is 20.1 Å². The van der Waals surface area contributed by atoms with Crippen molar-refractivity contribution in [3.05, 3.63) is 88.7 Å². The summed E-state index contributed by atoms with van der Waals surface area (Å²) in [6, 6.07) is 19.6. The first kappa shape index (κ1) is 23.1. The van der Waals surface area contributed by atoms with Crippen LogP contribution in [0, 0.1) is 5.82 Å². The van der Waals surface area contributed by atoms with Crippen molar-refractivity contribution in [2.24, 2.45) is 0 Å². The molecule has 3 aromatic rings. The predicted molar refractivity (Wildman–Crippen MR) is 129 cm³/mol. The van der Waals surface area contributed by atoms with Gasteiger partial charge in [-0.05, 0) is 30.3 Å². The Morgan fingerprint density at radius 3 is 2.45 bits per heavy atom. The molecule has 0 atom stereocenters. The number of anilines is 2. The Balaban J connectivity index is 1.53. The van der Waals surface area contributed by atoms with Gasteiger partial charge in [0.25, 0.3) is 0 Å². The van der Waals surface area contributed by atoms with E-state index in [1.54, 1.807) is 23.1 Å². The molecule has 33 heavy (non-hydrogen) atoms. The average molecular weight is 469 g/mol. The summed E-state index contributed by atoms with van der Waals surface area (Å²) >= 11 is 6.60. The number of halogens is 2. The van der Waals surface area contributed by atoms with Crippen LogP contribution in [-0.4, -0.2) is 32.2 Å². The van der Waals surface area contributed by atoms with Crippen LogP contribution in [0.25, 0.3) is 0 Å². The molecule has 0 radical (unpaired) electrons. The quantitative estimate of drug-likeness (QED) is 0.462. The summed E-state index contributed by atoms with van der Waals surface area (Å²) in [5.74, 6) is 0.174. The summed E-state index contributed by atoms with van der Waals surface area (Å²) < 4.78 is 25.3. The maximum absolute atomic E-state index is 14.0. The fourth-order valence-corrected chi connectivity index (χ4v) is 4.12. The maximum atomic E-state index is 14.0. The molecule has 1 heterocycles. The molecule has 172 valence electrons. The van der Waals surface area contributed by atoms with E-state index in [0.717, 1.165) is 24.3 Å². The molecule has 1 fully saturated rings. The van der Waals surface area contributed by atoms with Gasteiger partial charge in [-0.15, -0.1) is 0 Å². The SMILES string of the molecule is CC(=O)N(Cc1ccccc1OCc1ccccc1F)c1ccc(N2CCOCC2)c(Cl)c1. The van der Waals surface area contributed by atoms with Gasteiger partial charge in [-0.2, -0.15) is 0 Å². The lowest BCUT2D eigenvalue weighted by Crippen LogP contribution is -2.36. The van der Waals surface area contributed by atoms with E-state index in [9.17, 15) is 9.18 Å². The minimum absolute atomic E-state index is 0.101. The number of amides is 1. The summed E-state index contributed by atoms with van der Waals surface area (Å²) in [6.07, 6.45) is 0. The first-order valence-electron chi connectivity index (χ1n) is 10.9. The fraction of sp³-hybridized carbons (Fsp3) is 0.269. The highest BCUT2D eigenvalue weighted by Crippen LogP contribution is 2.32. The van der Waals surface area contributed by atoms with Crippen LogP contribution < -0.4 is 14.5 Å². The molecule has 1 saturated heterocycles. The highest BCUT2D eigenvalue weighted by molar-refractivity contribution is 6.33. The molecule has 5 nitrogen and oxygen atoms in total. The van der Waals surface area contributed by atoms with Gasteiger partial charge in [0.05, 0.1) is 30.5 Å². The molecule has 0 bridgehead atoms. The zero-order valence-corrected chi connectivity index (χ0v) is 19.2. The molecule has 3 aromatic carbocycles. The van der Waals surface area contributed by atoms with Crippen molar-refractivity contribution in [2.75, 3.05) is 36.1 Å². The lowest BCUT2D eigenvalue weighted by Gasteiger charge is -2.30. The van der Waals surface area contributed by atoms with Gasteiger partial charge in [0.2, 0.25) is 5.91 Å². The Morgan fingerprint density at radius 2 is 1.76 bits per heavy atom. The zero-order chi connectivity index (χ0) is 23.2. The molecule has 0 aromatic heterocycles. The third-order valence-corrected chi connectivity index (χ3v) is 5.92. The number of hydrogen-bond acceptors (Lipinski definition) is 4. The summed E-state index contributed by atoms with van der Waals surface area (Å²) in [5.41, 5.74) is 2.92. The highest BCUT2D eigenvalue weighted by Gasteiger charge is 2.19. The molecule has 0 unspecified atom stereocenters. The van der Waals surface area contributed by atoms with Crippen molar-refractivity contribution >= 4 is 28.9 Å². The maximum Gasteiger partial charge on any atom is 0.224 e. The van der Waals surface area contributed by atoms with Crippen LogP contribution in [0.4, 0.5) is 15.8 Å². The van der Waals surface area contributed by atoms with Crippen LogP contribution in [0.3, 0.4) is 0 Å². The average Bonchev–Trinajstić information content (AvgIpc) is 2.83. The van der Waals surface area contributed by atoms with Crippen LogP contribution >= 0.6 is 11.6 Å². The molecular weight excluding hydrogens is 443 g/mol. The van der Waals surface area contributed by atoms with Gasteiger partial charge in [-0.1, -0.05) is 48.0 Å². The van der Waals surface area contributed by atoms with Crippen LogP contribution in [0.2, 0.25) is 5.02 Å². The molecule has 1 aliphatic rings. The standard InChI is InChI=1S/C26H26ClFN2O3/c1-19(31)30(22-10-11-25(23(27)16-22)29-12-14-32-15-13-29)17-20-6-3-5-9-26(20)33-18-21-7-2-4-8-24(21)28/h2-11,16H,12-15,17-18H2,1H3. The normalized spacial score (nSPS) is 13.6. The molecule has 0 spiro atoms. The van der Waals surface area contributed by atoms with Crippen LogP contribution in [-0.2, 0) is 22.7 Å². The van der Waals surface area contributed by atoms with E-state index in [2.05, 4.69) is 4.90 Å². The van der Waals surface area contributed by atoms with Gasteiger partial charge >= 0.3 is 0 Å². The lowest BCUT2D eigenvalue weighted by atomic mass is 10.1. The van der Waals surface area contributed by atoms with Crippen molar-refractivity contribution in [1.29, 1.82) is 0 Å². The number of ether oxygens (including phenoxy) is 2. The monoisotopic (exact) mass is 468 g/mol. The summed E-state index contributed by atoms with van der Waals surface area (Å²) in [4.78, 5) is 16.4. The Bertz CT molecular complexity index is 1120. The van der Waals surface area contributed by atoms with Gasteiger partial charge in [-0.25, -0.2) is 4.39 Å². The lowest BCUT2D eigenvalue weighted by molar-refractivity contribution is -0.116. The summed E-state index contributed by atoms with van der Waals surface area (Å²) in [7, 11) is 0. The molecule has 0 aliphatic carbocycles. The Hall–Kier alpha value is -3.09. The number of benzene rings is 3. The fourth-order valence-electron chi connectivity index (χ4n) is 3.83. The topological polar surface area (TPSA) is 42.0 Å². The molecule has 7 heteroatoms. The smallest absolute Gasteiger partial charge is 0.224 e. The van der Waals surface area contributed by atoms with Gasteiger partial charge in [-0.3, -0.25) is 4.79 Å². The van der Waals surface area contributed by atoms with Crippen molar-refractivity contribution < 1.29 is 18.7 Å². The number of para-hydroxylation sites is 1. The Kier molecular flexibility index (Phi) is 7.47. The van der Waals surface area contributed by atoms with Gasteiger partial charge in [0, 0.05) is 36.8 Å². The third-order valence-electron chi connectivity index (χ3n) is 5.62. The van der Waals surface area contributed by atoms with Gasteiger partial charge < -0.3 is 19.3 Å². The molecule has 4 rings (SSSR count). The minimum Gasteiger partial charge on any atom is -0.488 e. The number of rotatable bonds is 7. The number of nitrogens with zero attached hydrogens (tertiary/aromatic N) is 2. The highest BCUT2D eigenvalue weighted by atomic mass is 35.5. The first-order chi connectivity index (χ1) is 16.0. The van der Waals surface area contributed by atoms with Crippen LogP contribution in [0.5, 0.6) is 5.75 Å². The third kappa shape index (κ3) is 5.64. The van der Waals surface area contributed by atoms with Crippen LogP contribution in [0.15, 0.2) is 66.7 Å². The summed E-state index contributed by atoms with van der Waals surface area (Å²) in [5, 5.41) is 0.588. The van der Waals surface area contributed by atoms with Gasteiger partial charge in [0.1, 0.15) is 18.2 Å². The second kappa shape index (κ2) is 10.7. The number of morpholine rings is 1. The Morgan fingerprint density at radius 1 is 1.06 bits per heavy atom. The van der Waals surface area contributed by atoms with Crippen molar-refractivity contribution in [3.63, 3.8) is 0 Å². The minimum atomic E-state index is -0.310. The van der Waals surface area contributed by atoms with E-state index < -0.39 is 0 Å². The van der Waals surface area contributed by atoms with Crippen molar-refractivity contribution in [3.8, 4) is 5.75 Å². The number of carbonyl (C=O) groups excluding carboxylic acids is 1. The number of hydrogen-bond donors (Lipinski definition) is 0. The number of carbonyl (C=O) groups is 1. The van der Waals surface area contributed by atoms with E-state index >= 15 is 0 Å². The first-order valence-corrected chi connectivity index (χ1v) is 11.2. The largest absolute Gasteiger partial charge is 0.488 e.